The maximum absolute atomic E-state index is 12.4. The van der Waals surface area contributed by atoms with Gasteiger partial charge in [-0.2, -0.15) is 0 Å². The molecule has 0 amide bonds. The van der Waals surface area contributed by atoms with E-state index >= 15 is 0 Å². The maximum Gasteiger partial charge on any atom is 0.181 e. The Balaban J connectivity index is 1.84. The number of rotatable bonds is 3. The van der Waals surface area contributed by atoms with Crippen molar-refractivity contribution in [1.82, 2.24) is 4.57 Å². The summed E-state index contributed by atoms with van der Waals surface area (Å²) in [7, 11) is 0. The number of ketones is 1. The Labute approximate surface area is 118 Å². The zero-order chi connectivity index (χ0) is 14.0. The molecule has 0 bridgehead atoms. The lowest BCUT2D eigenvalue weighted by atomic mass is 9.84. The average Bonchev–Trinajstić information content (AvgIpc) is 2.97. The predicted octanol–water partition coefficient (Wildman–Crippen LogP) is 2.41. The minimum Gasteiger partial charge on any atom is -0.324 e. The number of hydrogen-bond donors (Lipinski definition) is 1. The van der Waals surface area contributed by atoms with Gasteiger partial charge in [0.15, 0.2) is 5.78 Å². The third-order valence-electron chi connectivity index (χ3n) is 3.53. The Morgan fingerprint density at radius 2 is 1.75 bits per heavy atom. The molecule has 2 N–H and O–H groups in total. The lowest BCUT2D eigenvalue weighted by molar-refractivity contribution is -0.118. The van der Waals surface area contributed by atoms with Gasteiger partial charge in [-0.25, -0.2) is 0 Å². The topological polar surface area (TPSA) is 48.0 Å². The van der Waals surface area contributed by atoms with E-state index in [0.29, 0.717) is 6.42 Å². The third kappa shape index (κ3) is 2.36. The molecule has 1 aromatic carbocycles. The fraction of sp³-hybridized carbons (Fsp3) is 0.118. The highest BCUT2D eigenvalue weighted by Crippen LogP contribution is 2.22. The van der Waals surface area contributed by atoms with Gasteiger partial charge in [0.25, 0.3) is 0 Å². The zero-order valence-corrected chi connectivity index (χ0v) is 11.1. The van der Waals surface area contributed by atoms with E-state index in [9.17, 15) is 4.79 Å². The van der Waals surface area contributed by atoms with Crippen LogP contribution in [0.5, 0.6) is 0 Å². The predicted molar refractivity (Wildman–Crippen MR) is 79.9 cm³/mol. The van der Waals surface area contributed by atoms with Gasteiger partial charge in [-0.1, -0.05) is 36.4 Å². The number of carbonyl (C=O) groups excluding carboxylic acids is 1. The van der Waals surface area contributed by atoms with E-state index in [1.165, 1.54) is 0 Å². The molecule has 0 saturated heterocycles. The number of benzene rings is 1. The summed E-state index contributed by atoms with van der Waals surface area (Å²) in [6.07, 6.45) is 9.65. The summed E-state index contributed by atoms with van der Waals surface area (Å²) >= 11 is 0. The molecular weight excluding hydrogens is 248 g/mol. The van der Waals surface area contributed by atoms with Gasteiger partial charge in [0.05, 0.1) is 0 Å². The summed E-state index contributed by atoms with van der Waals surface area (Å²) in [6.45, 7) is 0. The molecule has 3 rings (SSSR count). The minimum atomic E-state index is -0.946. The molecular formula is C17H16N2O. The molecule has 1 aliphatic rings. The lowest BCUT2D eigenvalue weighted by Crippen LogP contribution is -2.48. The number of allylic oxidation sites excluding steroid dienone is 2. The number of carbonyl (C=O) groups is 1. The Morgan fingerprint density at radius 3 is 2.40 bits per heavy atom. The molecule has 0 fully saturated rings. The highest BCUT2D eigenvalue weighted by Gasteiger charge is 2.32. The van der Waals surface area contributed by atoms with E-state index in [0.717, 1.165) is 11.3 Å². The van der Waals surface area contributed by atoms with Crippen molar-refractivity contribution >= 4 is 11.5 Å². The molecule has 2 aromatic rings. The normalized spacial score (nSPS) is 21.9. The molecule has 1 aliphatic carbocycles. The Hall–Kier alpha value is -2.39. The van der Waals surface area contributed by atoms with Crippen LogP contribution in [0.2, 0.25) is 0 Å². The van der Waals surface area contributed by atoms with E-state index in [1.807, 2.05) is 65.5 Å². The Morgan fingerprint density at radius 1 is 1.05 bits per heavy atom. The molecule has 1 aromatic heterocycles. The third-order valence-corrected chi connectivity index (χ3v) is 3.53. The highest BCUT2D eigenvalue weighted by atomic mass is 16.1. The van der Waals surface area contributed by atoms with E-state index in [2.05, 4.69) is 0 Å². The van der Waals surface area contributed by atoms with Crippen LogP contribution in [0.3, 0.4) is 0 Å². The van der Waals surface area contributed by atoms with Crippen LogP contribution >= 0.6 is 0 Å². The van der Waals surface area contributed by atoms with Crippen LogP contribution < -0.4 is 5.73 Å². The van der Waals surface area contributed by atoms with E-state index in [-0.39, 0.29) is 5.78 Å². The van der Waals surface area contributed by atoms with Crippen molar-refractivity contribution in [3.05, 3.63) is 78.6 Å². The molecule has 1 heterocycles. The van der Waals surface area contributed by atoms with Gasteiger partial charge in [-0.05, 0) is 23.8 Å². The fourth-order valence-corrected chi connectivity index (χ4v) is 2.38. The zero-order valence-electron chi connectivity index (χ0n) is 11.1. The van der Waals surface area contributed by atoms with Crippen molar-refractivity contribution in [3.63, 3.8) is 0 Å². The number of nitrogens with two attached hydrogens (primary N) is 1. The Kier molecular flexibility index (Phi) is 3.12. The van der Waals surface area contributed by atoms with Crippen LogP contribution in [0.25, 0.3) is 5.70 Å². The molecule has 0 spiro atoms. The summed E-state index contributed by atoms with van der Waals surface area (Å²) in [6, 6.07) is 13.7. The maximum atomic E-state index is 12.4. The first-order valence-electron chi connectivity index (χ1n) is 6.59. The molecule has 0 unspecified atom stereocenters. The first kappa shape index (κ1) is 12.6. The number of nitrogens with zero attached hydrogens (tertiary/aromatic N) is 1. The van der Waals surface area contributed by atoms with Crippen LogP contribution in [-0.4, -0.2) is 15.9 Å². The standard InChI is InChI=1S/C17H16N2O/c18-17(13-14-6-2-1-3-7-14)9-8-15(12-16(17)20)19-10-4-5-11-19/h1-12H,13,18H2/t17-/m1/s1. The highest BCUT2D eigenvalue weighted by molar-refractivity contribution is 6.06. The SMILES string of the molecule is N[C@@]1(Cc2ccccc2)C=CC(n2cccc2)=CC1=O. The van der Waals surface area contributed by atoms with Crippen molar-refractivity contribution in [1.29, 1.82) is 0 Å². The first-order chi connectivity index (χ1) is 9.67. The van der Waals surface area contributed by atoms with Crippen molar-refractivity contribution in [3.8, 4) is 0 Å². The van der Waals surface area contributed by atoms with E-state index in [1.54, 1.807) is 12.2 Å². The van der Waals surface area contributed by atoms with Crippen molar-refractivity contribution < 1.29 is 4.79 Å². The van der Waals surface area contributed by atoms with Gasteiger partial charge in [0.1, 0.15) is 5.54 Å². The summed E-state index contributed by atoms with van der Waals surface area (Å²) in [5, 5.41) is 0. The summed E-state index contributed by atoms with van der Waals surface area (Å²) in [5.41, 5.74) is 7.22. The van der Waals surface area contributed by atoms with Crippen molar-refractivity contribution in [2.75, 3.05) is 0 Å². The van der Waals surface area contributed by atoms with Crippen molar-refractivity contribution in [2.24, 2.45) is 5.73 Å². The van der Waals surface area contributed by atoms with Crippen LogP contribution in [-0.2, 0) is 11.2 Å². The van der Waals surface area contributed by atoms with Crippen LogP contribution in [0, 0.1) is 0 Å². The van der Waals surface area contributed by atoms with Gasteiger partial charge in [-0.15, -0.1) is 0 Å². The van der Waals surface area contributed by atoms with Crippen LogP contribution in [0.1, 0.15) is 5.56 Å². The quantitative estimate of drug-likeness (QED) is 0.925. The second-order valence-corrected chi connectivity index (χ2v) is 5.06. The molecule has 3 heteroatoms. The second kappa shape index (κ2) is 4.94. The van der Waals surface area contributed by atoms with Gasteiger partial charge in [0.2, 0.25) is 0 Å². The molecule has 1 atom stereocenters. The fourth-order valence-electron chi connectivity index (χ4n) is 2.38. The van der Waals surface area contributed by atoms with E-state index in [4.69, 9.17) is 5.73 Å². The smallest absolute Gasteiger partial charge is 0.181 e. The molecule has 3 nitrogen and oxygen atoms in total. The van der Waals surface area contributed by atoms with Gasteiger partial charge in [0, 0.05) is 30.6 Å². The molecule has 0 saturated carbocycles. The molecule has 0 aliphatic heterocycles. The second-order valence-electron chi connectivity index (χ2n) is 5.06. The largest absolute Gasteiger partial charge is 0.324 e. The number of aromatic nitrogens is 1. The monoisotopic (exact) mass is 264 g/mol. The number of hydrogen-bond acceptors (Lipinski definition) is 2. The van der Waals surface area contributed by atoms with Crippen molar-refractivity contribution in [2.45, 2.75) is 12.0 Å². The molecule has 20 heavy (non-hydrogen) atoms. The summed E-state index contributed by atoms with van der Waals surface area (Å²) < 4.78 is 1.90. The average molecular weight is 264 g/mol. The summed E-state index contributed by atoms with van der Waals surface area (Å²) in [4.78, 5) is 12.4. The first-order valence-corrected chi connectivity index (χ1v) is 6.59. The Bertz CT molecular complexity index is 668. The van der Waals surface area contributed by atoms with Crippen LogP contribution in [0.4, 0.5) is 0 Å². The van der Waals surface area contributed by atoms with Crippen LogP contribution in [0.15, 0.2) is 73.1 Å². The summed E-state index contributed by atoms with van der Waals surface area (Å²) in [5.74, 6) is -0.0625. The van der Waals surface area contributed by atoms with Gasteiger partial charge >= 0.3 is 0 Å². The van der Waals surface area contributed by atoms with Gasteiger partial charge in [-0.3, -0.25) is 4.79 Å². The molecule has 0 radical (unpaired) electrons. The van der Waals surface area contributed by atoms with E-state index < -0.39 is 5.54 Å². The van der Waals surface area contributed by atoms with Gasteiger partial charge < -0.3 is 10.3 Å². The molecule has 100 valence electrons. The lowest BCUT2D eigenvalue weighted by Gasteiger charge is -2.26. The minimum absolute atomic E-state index is 0.0625.